The van der Waals surface area contributed by atoms with Gasteiger partial charge in [-0.3, -0.25) is 4.79 Å². The molecule has 5 nitrogen and oxygen atoms in total. The molecule has 98 valence electrons. The number of hydrazine groups is 1. The maximum absolute atomic E-state index is 12.0. The first-order valence-electron chi connectivity index (χ1n) is 5.30. The molecule has 4 N–H and O–H groups in total. The maximum Gasteiger partial charge on any atom is 0.274 e. The van der Waals surface area contributed by atoms with E-state index in [0.29, 0.717) is 11.5 Å². The standard InChI is InChI=1S/C12H10Br2N4O/c13-7-4-5-9(8(14)6-7)17-12(19)10-2-1-3-11(16-10)18-15/h1-6H,15H2,(H,16,18)(H,17,19). The number of nitrogen functional groups attached to an aromatic ring is 1. The lowest BCUT2D eigenvalue weighted by Gasteiger charge is -2.08. The van der Waals surface area contributed by atoms with Crippen molar-refractivity contribution in [2.24, 2.45) is 5.84 Å². The van der Waals surface area contributed by atoms with Crippen LogP contribution in [0.2, 0.25) is 0 Å². The Bertz CT molecular complexity index is 618. The Hall–Kier alpha value is -1.44. The molecule has 0 fully saturated rings. The normalized spacial score (nSPS) is 10.1. The van der Waals surface area contributed by atoms with E-state index in [4.69, 9.17) is 5.84 Å². The van der Waals surface area contributed by atoms with Crippen molar-refractivity contribution in [3.8, 4) is 0 Å². The minimum Gasteiger partial charge on any atom is -0.320 e. The fourth-order valence-corrected chi connectivity index (χ4v) is 2.56. The molecule has 0 bridgehead atoms. The van der Waals surface area contributed by atoms with Crippen LogP contribution >= 0.6 is 31.9 Å². The van der Waals surface area contributed by atoms with Crippen LogP contribution < -0.4 is 16.6 Å². The minimum absolute atomic E-state index is 0.283. The van der Waals surface area contributed by atoms with Gasteiger partial charge in [0.15, 0.2) is 0 Å². The lowest BCUT2D eigenvalue weighted by Crippen LogP contribution is -2.16. The molecular formula is C12H10Br2N4O. The molecule has 1 heterocycles. The van der Waals surface area contributed by atoms with Crippen molar-refractivity contribution in [3.63, 3.8) is 0 Å². The molecule has 2 aromatic rings. The van der Waals surface area contributed by atoms with Crippen LogP contribution in [-0.2, 0) is 0 Å². The zero-order valence-electron chi connectivity index (χ0n) is 9.65. The van der Waals surface area contributed by atoms with E-state index in [1.165, 1.54) is 0 Å². The van der Waals surface area contributed by atoms with Gasteiger partial charge in [-0.1, -0.05) is 22.0 Å². The van der Waals surface area contributed by atoms with E-state index in [1.807, 2.05) is 12.1 Å². The van der Waals surface area contributed by atoms with E-state index in [0.717, 1.165) is 8.95 Å². The maximum atomic E-state index is 12.0. The summed E-state index contributed by atoms with van der Waals surface area (Å²) >= 11 is 6.73. The van der Waals surface area contributed by atoms with E-state index in [1.54, 1.807) is 24.3 Å². The molecule has 2 rings (SSSR count). The van der Waals surface area contributed by atoms with Gasteiger partial charge in [0.2, 0.25) is 0 Å². The molecule has 0 aliphatic carbocycles. The van der Waals surface area contributed by atoms with E-state index < -0.39 is 0 Å². The number of nitrogens with two attached hydrogens (primary N) is 1. The molecule has 0 saturated heterocycles. The number of amides is 1. The summed E-state index contributed by atoms with van der Waals surface area (Å²) in [4.78, 5) is 16.1. The number of hydrogen-bond acceptors (Lipinski definition) is 4. The average Bonchev–Trinajstić information content (AvgIpc) is 2.42. The molecular weight excluding hydrogens is 376 g/mol. The second kappa shape index (κ2) is 6.14. The van der Waals surface area contributed by atoms with E-state index in [9.17, 15) is 4.79 Å². The van der Waals surface area contributed by atoms with Gasteiger partial charge < -0.3 is 10.7 Å². The summed E-state index contributed by atoms with van der Waals surface area (Å²) in [5.74, 6) is 5.38. The molecule has 0 spiro atoms. The number of carbonyl (C=O) groups is 1. The van der Waals surface area contributed by atoms with Crippen molar-refractivity contribution < 1.29 is 4.79 Å². The third-order valence-corrected chi connectivity index (χ3v) is 3.46. The smallest absolute Gasteiger partial charge is 0.274 e. The summed E-state index contributed by atoms with van der Waals surface area (Å²) in [6.45, 7) is 0. The largest absolute Gasteiger partial charge is 0.320 e. The first kappa shape index (κ1) is 14.0. The van der Waals surface area contributed by atoms with Crippen molar-refractivity contribution in [1.29, 1.82) is 0 Å². The zero-order valence-corrected chi connectivity index (χ0v) is 12.8. The first-order chi connectivity index (χ1) is 9.10. The number of nitrogens with zero attached hydrogens (tertiary/aromatic N) is 1. The average molecular weight is 386 g/mol. The summed E-state index contributed by atoms with van der Waals surface area (Å²) in [5.41, 5.74) is 3.35. The molecule has 1 aromatic carbocycles. The lowest BCUT2D eigenvalue weighted by molar-refractivity contribution is 0.102. The van der Waals surface area contributed by atoms with Gasteiger partial charge in [-0.2, -0.15) is 0 Å². The van der Waals surface area contributed by atoms with Crippen molar-refractivity contribution >= 4 is 49.3 Å². The second-order valence-electron chi connectivity index (χ2n) is 3.63. The number of nitrogens with one attached hydrogen (secondary N) is 2. The summed E-state index contributed by atoms with van der Waals surface area (Å²) < 4.78 is 1.70. The van der Waals surface area contributed by atoms with Crippen molar-refractivity contribution in [2.75, 3.05) is 10.7 Å². The summed E-state index contributed by atoms with van der Waals surface area (Å²) in [6, 6.07) is 10.5. The molecule has 19 heavy (non-hydrogen) atoms. The molecule has 0 saturated carbocycles. The Labute approximate surface area is 126 Å². The molecule has 0 aliphatic rings. The van der Waals surface area contributed by atoms with E-state index >= 15 is 0 Å². The highest BCUT2D eigenvalue weighted by Crippen LogP contribution is 2.26. The Morgan fingerprint density at radius 3 is 2.68 bits per heavy atom. The molecule has 1 aromatic heterocycles. The Morgan fingerprint density at radius 1 is 1.21 bits per heavy atom. The molecule has 0 radical (unpaired) electrons. The fourth-order valence-electron chi connectivity index (χ4n) is 1.42. The highest BCUT2D eigenvalue weighted by Gasteiger charge is 2.10. The number of aromatic nitrogens is 1. The molecule has 0 aliphatic heterocycles. The summed E-state index contributed by atoms with van der Waals surface area (Å²) in [6.07, 6.45) is 0. The van der Waals surface area contributed by atoms with Crippen molar-refractivity contribution in [3.05, 3.63) is 51.0 Å². The predicted octanol–water partition coefficient (Wildman–Crippen LogP) is 3.14. The van der Waals surface area contributed by atoms with Gasteiger partial charge in [0.1, 0.15) is 11.5 Å². The highest BCUT2D eigenvalue weighted by molar-refractivity contribution is 9.11. The van der Waals surface area contributed by atoms with Crippen LogP contribution in [0.15, 0.2) is 45.3 Å². The van der Waals surface area contributed by atoms with Gasteiger partial charge >= 0.3 is 0 Å². The quantitative estimate of drug-likeness (QED) is 0.560. The van der Waals surface area contributed by atoms with Crippen LogP contribution in [0.4, 0.5) is 11.5 Å². The SMILES string of the molecule is NNc1cccc(C(=O)Nc2ccc(Br)cc2Br)n1. The van der Waals surface area contributed by atoms with Crippen LogP contribution in [-0.4, -0.2) is 10.9 Å². The predicted molar refractivity (Wildman–Crippen MR) is 81.8 cm³/mol. The minimum atomic E-state index is -0.305. The van der Waals surface area contributed by atoms with Crippen molar-refractivity contribution in [1.82, 2.24) is 4.98 Å². The number of halogens is 2. The third-order valence-electron chi connectivity index (χ3n) is 2.31. The number of carbonyl (C=O) groups excluding carboxylic acids is 1. The lowest BCUT2D eigenvalue weighted by atomic mass is 10.3. The van der Waals surface area contributed by atoms with Crippen LogP contribution in [0, 0.1) is 0 Å². The first-order valence-corrected chi connectivity index (χ1v) is 6.89. The number of benzene rings is 1. The Balaban J connectivity index is 2.20. The van der Waals surface area contributed by atoms with Crippen LogP contribution in [0.3, 0.4) is 0 Å². The van der Waals surface area contributed by atoms with Crippen LogP contribution in [0.25, 0.3) is 0 Å². The monoisotopic (exact) mass is 384 g/mol. The highest BCUT2D eigenvalue weighted by atomic mass is 79.9. The van der Waals surface area contributed by atoms with Gasteiger partial charge in [0.25, 0.3) is 5.91 Å². The molecule has 1 amide bonds. The summed E-state index contributed by atoms with van der Waals surface area (Å²) in [5, 5.41) is 2.77. The number of hydrogen-bond donors (Lipinski definition) is 3. The molecule has 7 heteroatoms. The Morgan fingerprint density at radius 2 is 2.00 bits per heavy atom. The summed E-state index contributed by atoms with van der Waals surface area (Å²) in [7, 11) is 0. The number of rotatable bonds is 3. The topological polar surface area (TPSA) is 80.0 Å². The van der Waals surface area contributed by atoms with E-state index in [-0.39, 0.29) is 11.6 Å². The van der Waals surface area contributed by atoms with Gasteiger partial charge in [0.05, 0.1) is 5.69 Å². The zero-order chi connectivity index (χ0) is 13.8. The second-order valence-corrected chi connectivity index (χ2v) is 5.40. The van der Waals surface area contributed by atoms with E-state index in [2.05, 4.69) is 47.6 Å². The van der Waals surface area contributed by atoms with Gasteiger partial charge in [-0.05, 0) is 46.3 Å². The Kier molecular flexibility index (Phi) is 4.52. The number of pyridine rings is 1. The van der Waals surface area contributed by atoms with Crippen molar-refractivity contribution in [2.45, 2.75) is 0 Å². The van der Waals surface area contributed by atoms with Crippen LogP contribution in [0.1, 0.15) is 10.5 Å². The molecule has 0 unspecified atom stereocenters. The van der Waals surface area contributed by atoms with Gasteiger partial charge in [-0.15, -0.1) is 0 Å². The fraction of sp³-hybridized carbons (Fsp3) is 0. The number of anilines is 2. The third kappa shape index (κ3) is 3.52. The molecule has 0 atom stereocenters. The van der Waals surface area contributed by atoms with Gasteiger partial charge in [0, 0.05) is 8.95 Å². The van der Waals surface area contributed by atoms with Crippen LogP contribution in [0.5, 0.6) is 0 Å². The van der Waals surface area contributed by atoms with Gasteiger partial charge in [-0.25, -0.2) is 10.8 Å².